The van der Waals surface area contributed by atoms with Crippen molar-refractivity contribution in [3.63, 3.8) is 0 Å². The monoisotopic (exact) mass is 396 g/mol. The molecule has 28 heavy (non-hydrogen) atoms. The molecule has 2 fully saturated rings. The molecule has 0 radical (unpaired) electrons. The fourth-order valence-corrected chi connectivity index (χ4v) is 3.58. The van der Waals surface area contributed by atoms with Gasteiger partial charge in [0.25, 0.3) is 0 Å². The number of anilines is 1. The van der Waals surface area contributed by atoms with E-state index in [1.165, 1.54) is 12.1 Å². The molecular weight excluding hydrogens is 366 g/mol. The van der Waals surface area contributed by atoms with E-state index in [1.807, 2.05) is 4.90 Å². The highest BCUT2D eigenvalue weighted by Gasteiger charge is 2.22. The number of nitrogens with zero attached hydrogens (tertiary/aromatic N) is 3. The molecule has 0 saturated carbocycles. The molecule has 0 unspecified atom stereocenters. The van der Waals surface area contributed by atoms with Crippen LogP contribution in [0.5, 0.6) is 0 Å². The van der Waals surface area contributed by atoms with Crippen molar-refractivity contribution in [2.24, 2.45) is 4.99 Å². The molecule has 6 nitrogen and oxygen atoms in total. The van der Waals surface area contributed by atoms with E-state index in [1.54, 1.807) is 7.05 Å². The number of halogens is 2. The quantitative estimate of drug-likeness (QED) is 0.454. The normalized spacial score (nSPS) is 19.2. The molecule has 2 saturated heterocycles. The smallest absolute Gasteiger partial charge is 0.193 e. The molecule has 2 aliphatic heterocycles. The summed E-state index contributed by atoms with van der Waals surface area (Å²) in [5.74, 6) is 0.0339. The fourth-order valence-electron chi connectivity index (χ4n) is 3.58. The Balaban J connectivity index is 1.38. The predicted octanol–water partition coefficient (Wildman–Crippen LogP) is 2.25. The van der Waals surface area contributed by atoms with Gasteiger partial charge in [-0.1, -0.05) is 0 Å². The number of benzene rings is 1. The number of piperazine rings is 1. The average molecular weight is 396 g/mol. The molecule has 2 aliphatic rings. The van der Waals surface area contributed by atoms with Gasteiger partial charge in [0.2, 0.25) is 0 Å². The van der Waals surface area contributed by atoms with Crippen molar-refractivity contribution in [3.8, 4) is 0 Å². The van der Waals surface area contributed by atoms with E-state index in [0.717, 1.165) is 57.7 Å². The summed E-state index contributed by atoms with van der Waals surface area (Å²) in [5, 5.41) is 3.37. The fraction of sp³-hybridized carbons (Fsp3) is 0.650. The molecule has 0 amide bonds. The largest absolute Gasteiger partial charge is 0.381 e. The lowest BCUT2D eigenvalue weighted by Gasteiger charge is -2.37. The zero-order valence-electron chi connectivity index (χ0n) is 16.5. The average Bonchev–Trinajstić information content (AvgIpc) is 2.73. The van der Waals surface area contributed by atoms with Crippen LogP contribution in [0.3, 0.4) is 0 Å². The summed E-state index contributed by atoms with van der Waals surface area (Å²) < 4.78 is 38.6. The van der Waals surface area contributed by atoms with Gasteiger partial charge in [-0.05, 0) is 31.4 Å². The number of rotatable bonds is 6. The summed E-state index contributed by atoms with van der Waals surface area (Å²) in [6.07, 6.45) is 3.19. The van der Waals surface area contributed by atoms with E-state index < -0.39 is 5.82 Å². The van der Waals surface area contributed by atoms with Crippen LogP contribution in [0.1, 0.15) is 19.3 Å². The highest BCUT2D eigenvalue weighted by atomic mass is 19.1. The Morgan fingerprint density at radius 3 is 2.68 bits per heavy atom. The molecule has 0 spiro atoms. The Bertz CT molecular complexity index is 645. The van der Waals surface area contributed by atoms with Crippen LogP contribution in [0.15, 0.2) is 23.2 Å². The lowest BCUT2D eigenvalue weighted by atomic mass is 10.1. The Hall–Kier alpha value is -1.93. The molecule has 2 heterocycles. The van der Waals surface area contributed by atoms with E-state index in [4.69, 9.17) is 9.47 Å². The number of nitrogens with one attached hydrogen (secondary N) is 1. The van der Waals surface area contributed by atoms with Gasteiger partial charge >= 0.3 is 0 Å². The van der Waals surface area contributed by atoms with Crippen LogP contribution in [0, 0.1) is 11.6 Å². The second-order valence-electron chi connectivity index (χ2n) is 7.08. The summed E-state index contributed by atoms with van der Waals surface area (Å²) in [4.78, 5) is 8.37. The van der Waals surface area contributed by atoms with Gasteiger partial charge in [-0.25, -0.2) is 8.78 Å². The van der Waals surface area contributed by atoms with Gasteiger partial charge in [0, 0.05) is 65.7 Å². The third-order valence-electron chi connectivity index (χ3n) is 5.17. The number of ether oxygens (including phenoxy) is 2. The van der Waals surface area contributed by atoms with E-state index in [0.29, 0.717) is 38.0 Å². The number of aliphatic imine (C=N–C) groups is 1. The summed E-state index contributed by atoms with van der Waals surface area (Å²) in [6.45, 7) is 5.74. The first-order valence-electron chi connectivity index (χ1n) is 10.0. The van der Waals surface area contributed by atoms with Crippen LogP contribution in [0.4, 0.5) is 14.5 Å². The number of hydrogen-bond donors (Lipinski definition) is 1. The standard InChI is InChI=1S/C20H30F2N4O2/c1-23-20(24-7-2-12-28-17-5-13-27-14-6-17)26-10-8-25(9-11-26)19-15-16(21)3-4-18(19)22/h3-4,15,17H,2,5-14H2,1H3,(H,23,24). The van der Waals surface area contributed by atoms with E-state index in [-0.39, 0.29) is 5.82 Å². The minimum Gasteiger partial charge on any atom is -0.381 e. The van der Waals surface area contributed by atoms with E-state index >= 15 is 0 Å². The third-order valence-corrected chi connectivity index (χ3v) is 5.17. The first kappa shape index (κ1) is 20.8. The summed E-state index contributed by atoms with van der Waals surface area (Å²) in [5.41, 5.74) is 0.327. The maximum atomic E-state index is 14.0. The minimum atomic E-state index is -0.417. The second-order valence-corrected chi connectivity index (χ2v) is 7.08. The second kappa shape index (κ2) is 10.6. The van der Waals surface area contributed by atoms with E-state index in [9.17, 15) is 8.78 Å². The SMILES string of the molecule is CN=C(NCCCOC1CCOCC1)N1CCN(c2cc(F)ccc2F)CC1. The molecule has 1 aromatic rings. The van der Waals surface area contributed by atoms with E-state index in [2.05, 4.69) is 15.2 Å². The molecule has 0 atom stereocenters. The van der Waals surface area contributed by atoms with Gasteiger partial charge in [0.1, 0.15) is 11.6 Å². The van der Waals surface area contributed by atoms with Gasteiger partial charge < -0.3 is 24.6 Å². The van der Waals surface area contributed by atoms with Crippen molar-refractivity contribution in [1.82, 2.24) is 10.2 Å². The molecule has 1 N–H and O–H groups in total. The zero-order chi connectivity index (χ0) is 19.8. The molecular formula is C20H30F2N4O2. The Labute approximate surface area is 165 Å². The number of hydrogen-bond acceptors (Lipinski definition) is 4. The summed E-state index contributed by atoms with van der Waals surface area (Å²) >= 11 is 0. The maximum absolute atomic E-state index is 14.0. The molecule has 0 bridgehead atoms. The molecule has 156 valence electrons. The van der Waals surface area contributed by atoms with Crippen LogP contribution in [0.25, 0.3) is 0 Å². The lowest BCUT2D eigenvalue weighted by Crippen LogP contribution is -2.53. The van der Waals surface area contributed by atoms with Crippen molar-refractivity contribution in [3.05, 3.63) is 29.8 Å². The molecule has 8 heteroatoms. The van der Waals surface area contributed by atoms with Crippen molar-refractivity contribution < 1.29 is 18.3 Å². The van der Waals surface area contributed by atoms with Crippen LogP contribution in [-0.4, -0.2) is 76.6 Å². The summed E-state index contributed by atoms with van der Waals surface area (Å²) in [6, 6.07) is 3.59. The first-order chi connectivity index (χ1) is 13.7. The van der Waals surface area contributed by atoms with Crippen molar-refractivity contribution in [1.29, 1.82) is 0 Å². The van der Waals surface area contributed by atoms with Crippen LogP contribution < -0.4 is 10.2 Å². The molecule has 0 aromatic heterocycles. The zero-order valence-corrected chi connectivity index (χ0v) is 16.5. The Morgan fingerprint density at radius 1 is 1.21 bits per heavy atom. The maximum Gasteiger partial charge on any atom is 0.193 e. The van der Waals surface area contributed by atoms with Crippen LogP contribution >= 0.6 is 0 Å². The van der Waals surface area contributed by atoms with Crippen LogP contribution in [0.2, 0.25) is 0 Å². The third kappa shape index (κ3) is 5.78. The van der Waals surface area contributed by atoms with Gasteiger partial charge in [-0.15, -0.1) is 0 Å². The van der Waals surface area contributed by atoms with Gasteiger partial charge in [-0.2, -0.15) is 0 Å². The van der Waals surface area contributed by atoms with Gasteiger partial charge in [0.05, 0.1) is 11.8 Å². The topological polar surface area (TPSA) is 49.3 Å². The Morgan fingerprint density at radius 2 is 1.96 bits per heavy atom. The molecule has 1 aromatic carbocycles. The van der Waals surface area contributed by atoms with Crippen molar-refractivity contribution >= 4 is 11.6 Å². The summed E-state index contributed by atoms with van der Waals surface area (Å²) in [7, 11) is 1.76. The highest BCUT2D eigenvalue weighted by molar-refractivity contribution is 5.80. The molecule has 3 rings (SSSR count). The lowest BCUT2D eigenvalue weighted by molar-refractivity contribution is -0.0320. The van der Waals surface area contributed by atoms with Crippen molar-refractivity contribution in [2.75, 3.05) is 64.5 Å². The Kier molecular flexibility index (Phi) is 7.85. The highest BCUT2D eigenvalue weighted by Crippen LogP contribution is 2.22. The van der Waals surface area contributed by atoms with Gasteiger partial charge in [-0.3, -0.25) is 4.99 Å². The first-order valence-corrected chi connectivity index (χ1v) is 10.0. The van der Waals surface area contributed by atoms with Gasteiger partial charge in [0.15, 0.2) is 5.96 Å². The van der Waals surface area contributed by atoms with Crippen molar-refractivity contribution in [2.45, 2.75) is 25.4 Å². The van der Waals surface area contributed by atoms with Crippen LogP contribution in [-0.2, 0) is 9.47 Å². The molecule has 0 aliphatic carbocycles. The minimum absolute atomic E-state index is 0.323. The predicted molar refractivity (Wildman–Crippen MR) is 106 cm³/mol. The number of guanidine groups is 1.